The topological polar surface area (TPSA) is 26.3 Å². The van der Waals surface area contributed by atoms with Gasteiger partial charge >= 0.3 is 0 Å². The largest absolute Gasteiger partial charge is 0.456 e. The summed E-state index contributed by atoms with van der Waals surface area (Å²) >= 11 is 6.11. The SMILES string of the molecule is Cc1cc(C)c(C2=C(OC=S)C(C)(C)SC2=O)c(C)c1. The first-order valence-electron chi connectivity index (χ1n) is 6.44. The third-order valence-electron chi connectivity index (χ3n) is 3.42. The Hall–Kier alpha value is -1.13. The number of rotatable bonds is 3. The fourth-order valence-corrected chi connectivity index (χ4v) is 3.86. The van der Waals surface area contributed by atoms with E-state index in [1.807, 2.05) is 27.7 Å². The molecule has 0 aromatic heterocycles. The molecule has 0 spiro atoms. The number of thiocarbonyl (C=S) groups is 1. The molecule has 0 saturated heterocycles. The molecule has 4 heteroatoms. The smallest absolute Gasteiger partial charge is 0.224 e. The Kier molecular flexibility index (Phi) is 4.07. The number of aryl methyl sites for hydroxylation is 3. The van der Waals surface area contributed by atoms with Crippen LogP contribution in [0.3, 0.4) is 0 Å². The van der Waals surface area contributed by atoms with Crippen LogP contribution in [0.25, 0.3) is 5.57 Å². The second kappa shape index (κ2) is 5.34. The molecule has 1 heterocycles. The monoisotopic (exact) mass is 306 g/mol. The fourth-order valence-electron chi connectivity index (χ4n) is 2.76. The number of thioether (sulfide) groups is 1. The molecule has 0 amide bonds. The Morgan fingerprint density at radius 1 is 1.20 bits per heavy atom. The lowest BCUT2D eigenvalue weighted by atomic mass is 9.91. The van der Waals surface area contributed by atoms with Gasteiger partial charge in [-0.2, -0.15) is 0 Å². The zero-order valence-electron chi connectivity index (χ0n) is 12.4. The zero-order chi connectivity index (χ0) is 15.1. The van der Waals surface area contributed by atoms with Crippen molar-refractivity contribution in [2.24, 2.45) is 0 Å². The van der Waals surface area contributed by atoms with Crippen LogP contribution >= 0.6 is 24.0 Å². The molecular weight excluding hydrogens is 288 g/mol. The zero-order valence-corrected chi connectivity index (χ0v) is 14.0. The lowest BCUT2D eigenvalue weighted by Gasteiger charge is -2.19. The third-order valence-corrected chi connectivity index (χ3v) is 4.60. The molecule has 1 aliphatic rings. The Balaban J connectivity index is 2.74. The molecule has 2 rings (SSSR count). The molecular formula is C16H18O2S2. The summed E-state index contributed by atoms with van der Waals surface area (Å²) in [6.45, 7) is 10.1. The quantitative estimate of drug-likeness (QED) is 0.776. The van der Waals surface area contributed by atoms with Crippen LogP contribution in [0.1, 0.15) is 36.1 Å². The van der Waals surface area contributed by atoms with Gasteiger partial charge in [-0.1, -0.05) is 29.5 Å². The van der Waals surface area contributed by atoms with Crippen molar-refractivity contribution in [2.75, 3.05) is 0 Å². The number of benzene rings is 1. The lowest BCUT2D eigenvalue weighted by Crippen LogP contribution is -2.16. The molecule has 1 aromatic carbocycles. The number of hydrogen-bond acceptors (Lipinski definition) is 4. The van der Waals surface area contributed by atoms with Gasteiger partial charge in [-0.05, 0) is 63.5 Å². The first kappa shape index (κ1) is 15.3. The van der Waals surface area contributed by atoms with E-state index in [0.717, 1.165) is 16.7 Å². The van der Waals surface area contributed by atoms with Gasteiger partial charge in [-0.3, -0.25) is 4.79 Å². The molecule has 1 aliphatic heterocycles. The molecule has 0 aliphatic carbocycles. The van der Waals surface area contributed by atoms with Crippen molar-refractivity contribution in [1.29, 1.82) is 0 Å². The second-order valence-corrected chi connectivity index (χ2v) is 7.38. The predicted molar refractivity (Wildman–Crippen MR) is 89.0 cm³/mol. The fraction of sp³-hybridized carbons (Fsp3) is 0.375. The van der Waals surface area contributed by atoms with Gasteiger partial charge < -0.3 is 4.74 Å². The van der Waals surface area contributed by atoms with E-state index in [9.17, 15) is 4.79 Å². The van der Waals surface area contributed by atoms with Crippen LogP contribution in [-0.2, 0) is 9.53 Å². The predicted octanol–water partition coefficient (Wildman–Crippen LogP) is 4.35. The molecule has 0 fully saturated rings. The van der Waals surface area contributed by atoms with Crippen LogP contribution in [0, 0.1) is 20.8 Å². The summed E-state index contributed by atoms with van der Waals surface area (Å²) in [4.78, 5) is 12.4. The van der Waals surface area contributed by atoms with Crippen molar-refractivity contribution in [3.63, 3.8) is 0 Å². The van der Waals surface area contributed by atoms with Gasteiger partial charge in [0.1, 0.15) is 5.76 Å². The Bertz CT molecular complexity index is 604. The number of carbonyl (C=O) groups excluding carboxylic acids is 1. The van der Waals surface area contributed by atoms with Gasteiger partial charge in [0.2, 0.25) is 5.12 Å². The average molecular weight is 306 g/mol. The second-order valence-electron chi connectivity index (χ2n) is 5.59. The van der Waals surface area contributed by atoms with Gasteiger partial charge in [0.25, 0.3) is 0 Å². The summed E-state index contributed by atoms with van der Waals surface area (Å²) in [6, 6.07) is 4.18. The molecule has 0 N–H and O–H groups in total. The molecule has 0 saturated carbocycles. The van der Waals surface area contributed by atoms with Crippen LogP contribution in [0.2, 0.25) is 0 Å². The highest BCUT2D eigenvalue weighted by molar-refractivity contribution is 8.16. The summed E-state index contributed by atoms with van der Waals surface area (Å²) in [6.07, 6.45) is 0. The number of ether oxygens (including phenoxy) is 1. The van der Waals surface area contributed by atoms with Gasteiger partial charge in [-0.15, -0.1) is 0 Å². The van der Waals surface area contributed by atoms with E-state index in [0.29, 0.717) is 11.3 Å². The highest BCUT2D eigenvalue weighted by Crippen LogP contribution is 2.48. The van der Waals surface area contributed by atoms with Gasteiger partial charge in [0.05, 0.1) is 10.3 Å². The highest BCUT2D eigenvalue weighted by atomic mass is 32.2. The van der Waals surface area contributed by atoms with E-state index >= 15 is 0 Å². The van der Waals surface area contributed by atoms with E-state index in [-0.39, 0.29) is 9.86 Å². The van der Waals surface area contributed by atoms with Crippen molar-refractivity contribution in [3.8, 4) is 0 Å². The Morgan fingerprint density at radius 2 is 1.75 bits per heavy atom. The molecule has 2 nitrogen and oxygen atoms in total. The van der Waals surface area contributed by atoms with Crippen molar-refractivity contribution in [3.05, 3.63) is 40.1 Å². The van der Waals surface area contributed by atoms with Crippen molar-refractivity contribution in [2.45, 2.75) is 39.4 Å². The Labute approximate surface area is 129 Å². The highest BCUT2D eigenvalue weighted by Gasteiger charge is 2.42. The minimum atomic E-state index is -0.383. The first-order chi connectivity index (χ1) is 9.27. The first-order valence-corrected chi connectivity index (χ1v) is 7.73. The summed E-state index contributed by atoms with van der Waals surface area (Å²) in [7, 11) is 0. The number of carbonyl (C=O) groups is 1. The number of hydrogen-bond donors (Lipinski definition) is 0. The average Bonchev–Trinajstić information content (AvgIpc) is 2.50. The van der Waals surface area contributed by atoms with Crippen LogP contribution in [0.15, 0.2) is 17.9 Å². The molecule has 106 valence electrons. The third kappa shape index (κ3) is 2.54. The minimum absolute atomic E-state index is 0.0527. The molecule has 1 aromatic rings. The van der Waals surface area contributed by atoms with Gasteiger partial charge in [0, 0.05) is 0 Å². The van der Waals surface area contributed by atoms with Gasteiger partial charge in [-0.25, -0.2) is 0 Å². The Morgan fingerprint density at radius 3 is 2.25 bits per heavy atom. The van der Waals surface area contributed by atoms with E-state index in [4.69, 9.17) is 17.0 Å². The summed E-state index contributed by atoms with van der Waals surface area (Å²) in [5.74, 6) is 0.664. The summed E-state index contributed by atoms with van der Waals surface area (Å²) in [5, 5.41) is 0.0527. The molecule has 0 atom stereocenters. The standard InChI is InChI=1S/C16H18O2S2/c1-9-6-10(2)12(11(3)7-9)13-14(18-8-19)16(4,5)20-15(13)17/h6-8H,1-5H3. The van der Waals surface area contributed by atoms with Crippen LogP contribution in [0.4, 0.5) is 0 Å². The van der Waals surface area contributed by atoms with Crippen molar-refractivity contribution >= 4 is 40.2 Å². The normalized spacial score (nSPS) is 17.6. The summed E-state index contributed by atoms with van der Waals surface area (Å²) < 4.78 is 5.14. The lowest BCUT2D eigenvalue weighted by molar-refractivity contribution is -0.106. The molecule has 0 unspecified atom stereocenters. The molecule has 0 radical (unpaired) electrons. The van der Waals surface area contributed by atoms with E-state index in [1.165, 1.54) is 22.9 Å². The maximum atomic E-state index is 12.4. The van der Waals surface area contributed by atoms with E-state index in [1.54, 1.807) is 0 Å². The van der Waals surface area contributed by atoms with E-state index in [2.05, 4.69) is 19.1 Å². The van der Waals surface area contributed by atoms with Crippen LogP contribution in [0.5, 0.6) is 0 Å². The van der Waals surface area contributed by atoms with Crippen LogP contribution < -0.4 is 0 Å². The summed E-state index contributed by atoms with van der Waals surface area (Å²) in [5.41, 5.74) is 6.25. The van der Waals surface area contributed by atoms with Crippen molar-refractivity contribution < 1.29 is 9.53 Å². The van der Waals surface area contributed by atoms with Crippen LogP contribution in [-0.4, -0.2) is 15.4 Å². The molecule has 0 bridgehead atoms. The minimum Gasteiger partial charge on any atom is -0.456 e. The van der Waals surface area contributed by atoms with Gasteiger partial charge in [0.15, 0.2) is 5.55 Å². The maximum absolute atomic E-state index is 12.4. The molecule has 20 heavy (non-hydrogen) atoms. The van der Waals surface area contributed by atoms with E-state index < -0.39 is 0 Å². The maximum Gasteiger partial charge on any atom is 0.224 e. The van der Waals surface area contributed by atoms with Crippen molar-refractivity contribution in [1.82, 2.24) is 0 Å².